The van der Waals surface area contributed by atoms with Gasteiger partial charge < -0.3 is 9.73 Å². The van der Waals surface area contributed by atoms with Crippen molar-refractivity contribution >= 4 is 0 Å². The molecule has 0 amide bonds. The van der Waals surface area contributed by atoms with E-state index in [1.54, 1.807) is 0 Å². The summed E-state index contributed by atoms with van der Waals surface area (Å²) in [7, 11) is 0. The summed E-state index contributed by atoms with van der Waals surface area (Å²) in [4.78, 5) is 0. The molecule has 0 radical (unpaired) electrons. The molecule has 0 spiro atoms. The quantitative estimate of drug-likeness (QED) is 0.840. The topological polar surface area (TPSA) is 25.2 Å². The number of hydrogen-bond donors (Lipinski definition) is 1. The zero-order valence-electron chi connectivity index (χ0n) is 11.1. The normalized spacial score (nSPS) is 24.4. The Morgan fingerprint density at radius 1 is 1.50 bits per heavy atom. The first-order valence-corrected chi connectivity index (χ1v) is 6.26. The van der Waals surface area contributed by atoms with Crippen LogP contribution in [0.25, 0.3) is 0 Å². The third-order valence-electron chi connectivity index (χ3n) is 3.83. The molecule has 2 rings (SSSR count). The molecule has 2 unspecified atom stereocenters. The summed E-state index contributed by atoms with van der Waals surface area (Å²) in [6.45, 7) is 12.0. The second-order valence-corrected chi connectivity index (χ2v) is 5.70. The molecule has 0 saturated heterocycles. The van der Waals surface area contributed by atoms with Crippen molar-refractivity contribution in [3.63, 3.8) is 0 Å². The van der Waals surface area contributed by atoms with Crippen LogP contribution in [0.3, 0.4) is 0 Å². The maximum absolute atomic E-state index is 5.65. The molecule has 0 aliphatic heterocycles. The average molecular weight is 221 g/mol. The van der Waals surface area contributed by atoms with Gasteiger partial charge in [-0.15, -0.1) is 0 Å². The Balaban J connectivity index is 2.23. The predicted octanol–water partition coefficient (Wildman–Crippen LogP) is 3.59. The van der Waals surface area contributed by atoms with E-state index in [1.807, 2.05) is 6.92 Å². The Labute approximate surface area is 98.4 Å². The molecule has 1 aliphatic rings. The van der Waals surface area contributed by atoms with Crippen LogP contribution in [0.4, 0.5) is 0 Å². The molecule has 1 saturated carbocycles. The number of nitrogens with one attached hydrogen (secondary N) is 1. The van der Waals surface area contributed by atoms with Crippen LogP contribution in [0, 0.1) is 25.2 Å². The van der Waals surface area contributed by atoms with Gasteiger partial charge in [-0.05, 0) is 44.2 Å². The van der Waals surface area contributed by atoms with E-state index in [2.05, 4.69) is 39.1 Å². The van der Waals surface area contributed by atoms with Gasteiger partial charge >= 0.3 is 0 Å². The van der Waals surface area contributed by atoms with Crippen molar-refractivity contribution in [3.8, 4) is 0 Å². The minimum atomic E-state index is 0.470. The Kier molecular flexibility index (Phi) is 2.87. The molecule has 2 atom stereocenters. The molecule has 1 heterocycles. The standard InChI is InChI=1S/C14H23NO/c1-6-15-13(12-8-14(12,4)5)11-7-9(2)16-10(11)3/h7,12-13,15H,6,8H2,1-5H3. The highest BCUT2D eigenvalue weighted by Crippen LogP contribution is 2.58. The van der Waals surface area contributed by atoms with Crippen LogP contribution in [-0.2, 0) is 0 Å². The summed E-state index contributed by atoms with van der Waals surface area (Å²) < 4.78 is 5.65. The number of aryl methyl sites for hydroxylation is 2. The Morgan fingerprint density at radius 2 is 2.12 bits per heavy atom. The third-order valence-corrected chi connectivity index (χ3v) is 3.83. The second kappa shape index (κ2) is 3.92. The third kappa shape index (κ3) is 2.03. The molecule has 16 heavy (non-hydrogen) atoms. The summed E-state index contributed by atoms with van der Waals surface area (Å²) in [6, 6.07) is 2.66. The zero-order chi connectivity index (χ0) is 11.9. The predicted molar refractivity (Wildman–Crippen MR) is 66.5 cm³/mol. The lowest BCUT2D eigenvalue weighted by molar-refractivity contribution is 0.414. The minimum Gasteiger partial charge on any atom is -0.466 e. The summed E-state index contributed by atoms with van der Waals surface area (Å²) in [5, 5.41) is 3.61. The Bertz CT molecular complexity index is 378. The van der Waals surface area contributed by atoms with Crippen LogP contribution < -0.4 is 5.32 Å². The van der Waals surface area contributed by atoms with Crippen LogP contribution >= 0.6 is 0 Å². The van der Waals surface area contributed by atoms with Crippen LogP contribution in [0.2, 0.25) is 0 Å². The lowest BCUT2D eigenvalue weighted by Crippen LogP contribution is -2.24. The molecule has 0 aromatic carbocycles. The monoisotopic (exact) mass is 221 g/mol. The van der Waals surface area contributed by atoms with E-state index in [-0.39, 0.29) is 0 Å². The lowest BCUT2D eigenvalue weighted by Gasteiger charge is -2.19. The maximum Gasteiger partial charge on any atom is 0.105 e. The largest absolute Gasteiger partial charge is 0.466 e. The van der Waals surface area contributed by atoms with Crippen LogP contribution in [-0.4, -0.2) is 6.54 Å². The van der Waals surface area contributed by atoms with E-state index in [4.69, 9.17) is 4.42 Å². The zero-order valence-corrected chi connectivity index (χ0v) is 11.1. The highest BCUT2D eigenvalue weighted by molar-refractivity contribution is 5.27. The number of rotatable bonds is 4. The second-order valence-electron chi connectivity index (χ2n) is 5.70. The smallest absolute Gasteiger partial charge is 0.105 e. The highest BCUT2D eigenvalue weighted by Gasteiger charge is 2.50. The molecular formula is C14H23NO. The molecule has 1 fully saturated rings. The van der Waals surface area contributed by atoms with Gasteiger partial charge in [0.25, 0.3) is 0 Å². The van der Waals surface area contributed by atoms with Crippen LogP contribution in [0.1, 0.15) is 50.3 Å². The molecule has 0 bridgehead atoms. The first-order chi connectivity index (χ1) is 7.45. The molecule has 1 N–H and O–H groups in total. The van der Waals surface area contributed by atoms with E-state index in [0.29, 0.717) is 11.5 Å². The fraction of sp³-hybridized carbons (Fsp3) is 0.714. The van der Waals surface area contributed by atoms with Crippen molar-refractivity contribution in [1.29, 1.82) is 0 Å². The van der Waals surface area contributed by atoms with Gasteiger partial charge in [0, 0.05) is 11.6 Å². The highest BCUT2D eigenvalue weighted by atomic mass is 16.3. The molecule has 90 valence electrons. The summed E-state index contributed by atoms with van der Waals surface area (Å²) in [5.74, 6) is 2.85. The fourth-order valence-electron chi connectivity index (χ4n) is 2.73. The molecule has 1 aromatic heterocycles. The molecule has 2 heteroatoms. The van der Waals surface area contributed by atoms with Crippen molar-refractivity contribution in [2.45, 2.75) is 47.1 Å². The van der Waals surface area contributed by atoms with Crippen molar-refractivity contribution in [1.82, 2.24) is 5.32 Å². The van der Waals surface area contributed by atoms with E-state index >= 15 is 0 Å². The van der Waals surface area contributed by atoms with Gasteiger partial charge in [-0.1, -0.05) is 20.8 Å². The Hall–Kier alpha value is -0.760. The first-order valence-electron chi connectivity index (χ1n) is 6.26. The lowest BCUT2D eigenvalue weighted by atomic mass is 9.97. The van der Waals surface area contributed by atoms with E-state index < -0.39 is 0 Å². The molecule has 1 aromatic rings. The van der Waals surface area contributed by atoms with E-state index in [0.717, 1.165) is 24.0 Å². The van der Waals surface area contributed by atoms with Gasteiger partial charge in [0.1, 0.15) is 11.5 Å². The van der Waals surface area contributed by atoms with Gasteiger partial charge in [-0.25, -0.2) is 0 Å². The van der Waals surface area contributed by atoms with Crippen molar-refractivity contribution in [2.24, 2.45) is 11.3 Å². The van der Waals surface area contributed by atoms with Gasteiger partial charge in [0.2, 0.25) is 0 Å². The van der Waals surface area contributed by atoms with Gasteiger partial charge in [0.15, 0.2) is 0 Å². The summed E-state index contributed by atoms with van der Waals surface area (Å²) in [5.41, 5.74) is 1.85. The average Bonchev–Trinajstić information content (AvgIpc) is 2.66. The summed E-state index contributed by atoms with van der Waals surface area (Å²) >= 11 is 0. The SMILES string of the molecule is CCNC(c1cc(C)oc1C)C1CC1(C)C. The first kappa shape index (κ1) is 11.7. The van der Waals surface area contributed by atoms with Crippen LogP contribution in [0.15, 0.2) is 10.5 Å². The maximum atomic E-state index is 5.65. The van der Waals surface area contributed by atoms with Crippen molar-refractivity contribution in [3.05, 3.63) is 23.2 Å². The molecular weight excluding hydrogens is 198 g/mol. The van der Waals surface area contributed by atoms with Crippen molar-refractivity contribution in [2.75, 3.05) is 6.54 Å². The van der Waals surface area contributed by atoms with Gasteiger partial charge in [-0.2, -0.15) is 0 Å². The fourth-order valence-corrected chi connectivity index (χ4v) is 2.73. The number of hydrogen-bond acceptors (Lipinski definition) is 2. The van der Waals surface area contributed by atoms with Gasteiger partial charge in [-0.3, -0.25) is 0 Å². The van der Waals surface area contributed by atoms with E-state index in [9.17, 15) is 0 Å². The summed E-state index contributed by atoms with van der Waals surface area (Å²) in [6.07, 6.45) is 1.31. The van der Waals surface area contributed by atoms with Crippen molar-refractivity contribution < 1.29 is 4.42 Å². The van der Waals surface area contributed by atoms with Crippen LogP contribution in [0.5, 0.6) is 0 Å². The molecule has 1 aliphatic carbocycles. The molecule has 2 nitrogen and oxygen atoms in total. The van der Waals surface area contributed by atoms with Gasteiger partial charge in [0.05, 0.1) is 0 Å². The minimum absolute atomic E-state index is 0.470. The van der Waals surface area contributed by atoms with E-state index in [1.165, 1.54) is 12.0 Å². The number of furan rings is 1. The Morgan fingerprint density at radius 3 is 2.50 bits per heavy atom.